The van der Waals surface area contributed by atoms with E-state index in [1.54, 1.807) is 0 Å². The summed E-state index contributed by atoms with van der Waals surface area (Å²) in [5, 5.41) is 18.5. The molecule has 10 nitrogen and oxygen atoms in total. The second-order valence-electron chi connectivity index (χ2n) is 5.73. The Morgan fingerprint density at radius 2 is 1.31 bits per heavy atom. The van der Waals surface area contributed by atoms with Gasteiger partial charge in [0, 0.05) is 6.42 Å². The van der Waals surface area contributed by atoms with Gasteiger partial charge in [-0.05, 0) is 26.7 Å². The number of hydrogen-bond acceptors (Lipinski definition) is 8. The third-order valence-electron chi connectivity index (χ3n) is 4.21. The standard InChI is InChI=1S/C16H26O10/c1-10(25-14(21)23-3)16(13(19)20,11(2)26-15(22)24-4)9-7-5-6-8-12(17)18/h10-11H,5-9H2,1-4H3,(H,17,18)(H,19,20). The molecule has 0 saturated carbocycles. The minimum atomic E-state index is -1.76. The van der Waals surface area contributed by atoms with E-state index in [4.69, 9.17) is 14.6 Å². The summed E-state index contributed by atoms with van der Waals surface area (Å²) in [6.07, 6.45) is -3.44. The lowest BCUT2D eigenvalue weighted by atomic mass is 9.73. The summed E-state index contributed by atoms with van der Waals surface area (Å²) in [5.74, 6) is -2.28. The highest BCUT2D eigenvalue weighted by atomic mass is 16.7. The molecule has 0 aliphatic carbocycles. The molecule has 0 spiro atoms. The fourth-order valence-corrected chi connectivity index (χ4v) is 2.66. The molecule has 0 bridgehead atoms. The molecule has 0 aliphatic heterocycles. The predicted molar refractivity (Wildman–Crippen MR) is 86.7 cm³/mol. The van der Waals surface area contributed by atoms with Gasteiger partial charge in [0.1, 0.15) is 17.6 Å². The van der Waals surface area contributed by atoms with Crippen molar-refractivity contribution in [1.82, 2.24) is 0 Å². The average molecular weight is 378 g/mol. The highest BCUT2D eigenvalue weighted by Gasteiger charge is 2.52. The molecule has 2 unspecified atom stereocenters. The van der Waals surface area contributed by atoms with Crippen molar-refractivity contribution >= 4 is 24.2 Å². The van der Waals surface area contributed by atoms with Crippen LogP contribution in [0.1, 0.15) is 46.0 Å². The van der Waals surface area contributed by atoms with Crippen LogP contribution in [0.4, 0.5) is 9.59 Å². The summed E-state index contributed by atoms with van der Waals surface area (Å²) < 4.78 is 18.8. The first kappa shape index (κ1) is 23.5. The van der Waals surface area contributed by atoms with Crippen LogP contribution in [0.15, 0.2) is 0 Å². The molecule has 0 aromatic rings. The van der Waals surface area contributed by atoms with Gasteiger partial charge in [-0.15, -0.1) is 0 Å². The molecule has 150 valence electrons. The van der Waals surface area contributed by atoms with E-state index < -0.39 is 41.9 Å². The van der Waals surface area contributed by atoms with E-state index in [9.17, 15) is 24.3 Å². The number of unbranched alkanes of at least 4 members (excludes halogenated alkanes) is 2. The minimum Gasteiger partial charge on any atom is -0.481 e. The summed E-state index contributed by atoms with van der Waals surface area (Å²) in [7, 11) is 2.16. The van der Waals surface area contributed by atoms with E-state index in [0.717, 1.165) is 14.2 Å². The van der Waals surface area contributed by atoms with Crippen molar-refractivity contribution in [2.75, 3.05) is 14.2 Å². The molecule has 0 aromatic heterocycles. The van der Waals surface area contributed by atoms with Crippen LogP contribution in [0.25, 0.3) is 0 Å². The summed E-state index contributed by atoms with van der Waals surface area (Å²) >= 11 is 0. The van der Waals surface area contributed by atoms with Crippen molar-refractivity contribution < 1.29 is 48.3 Å². The molecule has 0 radical (unpaired) electrons. The van der Waals surface area contributed by atoms with Gasteiger partial charge in [-0.1, -0.05) is 12.8 Å². The lowest BCUT2D eigenvalue weighted by Crippen LogP contribution is -2.52. The number of carbonyl (C=O) groups excluding carboxylic acids is 2. The predicted octanol–water partition coefficient (Wildman–Crippen LogP) is 2.44. The third kappa shape index (κ3) is 6.77. The van der Waals surface area contributed by atoms with Crippen LogP contribution in [0, 0.1) is 5.41 Å². The van der Waals surface area contributed by atoms with Gasteiger partial charge in [-0.25, -0.2) is 9.59 Å². The molecule has 0 heterocycles. The number of aliphatic carboxylic acids is 2. The fraction of sp³-hybridized carbons (Fsp3) is 0.750. The van der Waals surface area contributed by atoms with E-state index in [2.05, 4.69) is 9.47 Å². The number of methoxy groups -OCH3 is 2. The maximum atomic E-state index is 12.1. The molecule has 26 heavy (non-hydrogen) atoms. The van der Waals surface area contributed by atoms with Crippen LogP contribution in [0.3, 0.4) is 0 Å². The van der Waals surface area contributed by atoms with Gasteiger partial charge < -0.3 is 29.2 Å². The molecule has 10 heteroatoms. The van der Waals surface area contributed by atoms with Crippen LogP contribution < -0.4 is 0 Å². The van der Waals surface area contributed by atoms with Crippen molar-refractivity contribution in [2.24, 2.45) is 5.41 Å². The Balaban J connectivity index is 5.40. The molecular weight excluding hydrogens is 352 g/mol. The smallest absolute Gasteiger partial charge is 0.481 e. The molecule has 2 atom stereocenters. The molecule has 0 fully saturated rings. The van der Waals surface area contributed by atoms with Crippen molar-refractivity contribution in [3.8, 4) is 0 Å². The number of ether oxygens (including phenoxy) is 4. The molecule has 2 N–H and O–H groups in total. The van der Waals surface area contributed by atoms with Crippen molar-refractivity contribution in [1.29, 1.82) is 0 Å². The van der Waals surface area contributed by atoms with Crippen LogP contribution >= 0.6 is 0 Å². The normalized spacial score (nSPS) is 15.1. The number of rotatable bonds is 11. The lowest BCUT2D eigenvalue weighted by molar-refractivity contribution is -0.170. The Kier molecular flexibility index (Phi) is 10.1. The largest absolute Gasteiger partial charge is 0.508 e. The van der Waals surface area contributed by atoms with Gasteiger partial charge in [0.25, 0.3) is 0 Å². The molecule has 0 aliphatic rings. The molecule has 0 amide bonds. The average Bonchev–Trinajstić information content (AvgIpc) is 2.56. The Morgan fingerprint density at radius 1 is 0.846 bits per heavy atom. The molecular formula is C16H26O10. The van der Waals surface area contributed by atoms with Gasteiger partial charge in [0.05, 0.1) is 14.2 Å². The number of carboxylic acids is 2. The van der Waals surface area contributed by atoms with Crippen LogP contribution in [-0.2, 0) is 28.5 Å². The van der Waals surface area contributed by atoms with Crippen molar-refractivity contribution in [3.05, 3.63) is 0 Å². The van der Waals surface area contributed by atoms with E-state index in [-0.39, 0.29) is 12.8 Å². The van der Waals surface area contributed by atoms with E-state index in [1.165, 1.54) is 13.8 Å². The van der Waals surface area contributed by atoms with Crippen molar-refractivity contribution in [3.63, 3.8) is 0 Å². The van der Waals surface area contributed by atoms with Gasteiger partial charge in [-0.3, -0.25) is 9.59 Å². The Labute approximate surface area is 151 Å². The summed E-state index contributed by atoms with van der Waals surface area (Å²) in [6, 6.07) is 0. The first-order valence-corrected chi connectivity index (χ1v) is 8.06. The molecule has 0 rings (SSSR count). The summed E-state index contributed by atoms with van der Waals surface area (Å²) in [4.78, 5) is 45.4. The first-order valence-electron chi connectivity index (χ1n) is 8.06. The Bertz CT molecular complexity index is 477. The van der Waals surface area contributed by atoms with Gasteiger partial charge in [0.15, 0.2) is 0 Å². The summed E-state index contributed by atoms with van der Waals surface area (Å²) in [5.41, 5.74) is -1.76. The van der Waals surface area contributed by atoms with E-state index in [1.807, 2.05) is 0 Å². The van der Waals surface area contributed by atoms with E-state index in [0.29, 0.717) is 19.3 Å². The Hall–Kier alpha value is -2.52. The summed E-state index contributed by atoms with van der Waals surface area (Å²) in [6.45, 7) is 2.72. The number of hydrogen-bond donors (Lipinski definition) is 2. The maximum absolute atomic E-state index is 12.1. The van der Waals surface area contributed by atoms with Crippen LogP contribution in [-0.4, -0.2) is 60.9 Å². The first-order chi connectivity index (χ1) is 12.1. The topological polar surface area (TPSA) is 146 Å². The zero-order valence-corrected chi connectivity index (χ0v) is 15.4. The molecule has 0 aromatic carbocycles. The van der Waals surface area contributed by atoms with Crippen molar-refractivity contribution in [2.45, 2.75) is 58.2 Å². The quantitative estimate of drug-likeness (QED) is 0.406. The Morgan fingerprint density at radius 3 is 1.65 bits per heavy atom. The zero-order chi connectivity index (χ0) is 20.3. The molecule has 0 saturated heterocycles. The van der Waals surface area contributed by atoms with Gasteiger partial charge in [0.2, 0.25) is 0 Å². The minimum absolute atomic E-state index is 0.0156. The maximum Gasteiger partial charge on any atom is 0.508 e. The van der Waals surface area contributed by atoms with Gasteiger partial charge in [-0.2, -0.15) is 0 Å². The fourth-order valence-electron chi connectivity index (χ4n) is 2.66. The van der Waals surface area contributed by atoms with Gasteiger partial charge >= 0.3 is 24.2 Å². The van der Waals surface area contributed by atoms with E-state index >= 15 is 0 Å². The second kappa shape index (κ2) is 11.2. The highest BCUT2D eigenvalue weighted by molar-refractivity contribution is 5.77. The third-order valence-corrected chi connectivity index (χ3v) is 4.21. The highest BCUT2D eigenvalue weighted by Crippen LogP contribution is 2.38. The van der Waals surface area contributed by atoms with Crippen LogP contribution in [0.2, 0.25) is 0 Å². The van der Waals surface area contributed by atoms with Crippen LogP contribution in [0.5, 0.6) is 0 Å². The lowest BCUT2D eigenvalue weighted by Gasteiger charge is -2.38. The number of carboxylic acid groups (broad SMARTS) is 2. The number of carbonyl (C=O) groups is 4. The SMILES string of the molecule is COC(=O)OC(C)C(CCCCCC(=O)O)(C(=O)O)C(C)OC(=O)OC. The monoisotopic (exact) mass is 378 g/mol. The second-order valence-corrected chi connectivity index (χ2v) is 5.73. The zero-order valence-electron chi connectivity index (χ0n) is 15.4.